The van der Waals surface area contributed by atoms with E-state index in [1.807, 2.05) is 0 Å². The van der Waals surface area contributed by atoms with Gasteiger partial charge in [-0.05, 0) is 0 Å². The standard InChI is InChI=1S/C27H59P/c1-5-9-13-14-15-16-17-18-19-20-21-22-23-27-28(24-10-6-2,25-11-7-3)26-12-8-4/h28H,5-27H2,1-4H3. The van der Waals surface area contributed by atoms with Crippen LogP contribution >= 0.6 is 7.26 Å². The number of hydrogen-bond donors (Lipinski definition) is 0. The summed E-state index contributed by atoms with van der Waals surface area (Å²) in [4.78, 5) is 0. The monoisotopic (exact) mass is 414 g/mol. The van der Waals surface area contributed by atoms with Gasteiger partial charge < -0.3 is 0 Å². The second kappa shape index (κ2) is 22.1. The Balaban J connectivity index is 3.84. The first-order valence-electron chi connectivity index (χ1n) is 13.7. The molecule has 0 amide bonds. The Morgan fingerprint density at radius 2 is 0.536 bits per heavy atom. The number of hydrogen-bond acceptors (Lipinski definition) is 0. The Labute approximate surface area is 181 Å². The zero-order chi connectivity index (χ0) is 20.8. The molecule has 0 atom stereocenters. The molecule has 0 aliphatic rings. The molecule has 0 N–H and O–H groups in total. The van der Waals surface area contributed by atoms with Crippen molar-refractivity contribution < 1.29 is 0 Å². The molecule has 0 heterocycles. The Bertz CT molecular complexity index is 264. The summed E-state index contributed by atoms with van der Waals surface area (Å²) >= 11 is 0. The average molecular weight is 415 g/mol. The number of unbranched alkanes of at least 4 members (excludes halogenated alkanes) is 15. The summed E-state index contributed by atoms with van der Waals surface area (Å²) in [5.41, 5.74) is 0. The molecule has 0 aromatic heterocycles. The molecule has 0 rings (SSSR count). The van der Waals surface area contributed by atoms with Crippen LogP contribution in [0.1, 0.15) is 150 Å². The Morgan fingerprint density at radius 3 is 0.857 bits per heavy atom. The third kappa shape index (κ3) is 17.3. The molecule has 172 valence electrons. The maximum atomic E-state index is 2.39. The fourth-order valence-electron chi connectivity index (χ4n) is 4.92. The van der Waals surface area contributed by atoms with Crippen molar-refractivity contribution in [2.45, 2.75) is 150 Å². The van der Waals surface area contributed by atoms with Crippen LogP contribution in [0.5, 0.6) is 0 Å². The third-order valence-corrected chi connectivity index (χ3v) is 12.6. The molecule has 1 heteroatoms. The number of rotatable bonds is 23. The second-order valence-corrected chi connectivity index (χ2v) is 14.8. The minimum atomic E-state index is -0.959. The summed E-state index contributed by atoms with van der Waals surface area (Å²) in [6, 6.07) is 0. The van der Waals surface area contributed by atoms with Crippen LogP contribution in [0, 0.1) is 0 Å². The molecule has 0 aliphatic carbocycles. The van der Waals surface area contributed by atoms with E-state index in [1.165, 1.54) is 116 Å². The van der Waals surface area contributed by atoms with Gasteiger partial charge in [0.15, 0.2) is 0 Å². The molecule has 0 radical (unpaired) electrons. The fourth-order valence-corrected chi connectivity index (χ4v) is 10.7. The molecule has 0 aromatic carbocycles. The first-order valence-corrected chi connectivity index (χ1v) is 16.6. The van der Waals surface area contributed by atoms with E-state index >= 15 is 0 Å². The molecule has 0 aromatic rings. The van der Waals surface area contributed by atoms with Gasteiger partial charge in [-0.1, -0.05) is 19.8 Å². The van der Waals surface area contributed by atoms with Gasteiger partial charge in [-0.25, -0.2) is 0 Å². The van der Waals surface area contributed by atoms with Crippen LogP contribution in [0.4, 0.5) is 0 Å². The Morgan fingerprint density at radius 1 is 0.286 bits per heavy atom. The predicted molar refractivity (Wildman–Crippen MR) is 138 cm³/mol. The van der Waals surface area contributed by atoms with Crippen molar-refractivity contribution in [3.8, 4) is 0 Å². The molecule has 0 unspecified atom stereocenters. The molecular weight excluding hydrogens is 355 g/mol. The maximum absolute atomic E-state index is 2.39. The van der Waals surface area contributed by atoms with Gasteiger partial charge in [0.1, 0.15) is 0 Å². The van der Waals surface area contributed by atoms with Gasteiger partial charge >= 0.3 is 162 Å². The van der Waals surface area contributed by atoms with Gasteiger partial charge in [0.05, 0.1) is 0 Å². The van der Waals surface area contributed by atoms with E-state index < -0.39 is 7.26 Å². The quantitative estimate of drug-likeness (QED) is 0.115. The van der Waals surface area contributed by atoms with Crippen LogP contribution in [-0.2, 0) is 0 Å². The molecule has 0 spiro atoms. The predicted octanol–water partition coefficient (Wildman–Crippen LogP) is 10.2. The molecule has 0 bridgehead atoms. The first kappa shape index (κ1) is 28.4. The fraction of sp³-hybridized carbons (Fsp3) is 1.00. The molecule has 0 saturated carbocycles. The molecule has 0 aliphatic heterocycles. The van der Waals surface area contributed by atoms with Crippen molar-refractivity contribution >= 4 is 7.26 Å². The van der Waals surface area contributed by atoms with Gasteiger partial charge in [-0.2, -0.15) is 0 Å². The summed E-state index contributed by atoms with van der Waals surface area (Å²) in [5, 5.41) is 0. The third-order valence-electron chi connectivity index (χ3n) is 6.99. The van der Waals surface area contributed by atoms with Gasteiger partial charge in [0, 0.05) is 0 Å². The van der Waals surface area contributed by atoms with Crippen LogP contribution in [-0.4, -0.2) is 24.6 Å². The molecule has 0 saturated heterocycles. The summed E-state index contributed by atoms with van der Waals surface area (Å²) in [6.45, 7) is 9.49. The van der Waals surface area contributed by atoms with Gasteiger partial charge in [0.25, 0.3) is 0 Å². The van der Waals surface area contributed by atoms with Crippen molar-refractivity contribution in [2.75, 3.05) is 24.6 Å². The van der Waals surface area contributed by atoms with E-state index in [0.717, 1.165) is 0 Å². The van der Waals surface area contributed by atoms with Crippen LogP contribution in [0.25, 0.3) is 0 Å². The van der Waals surface area contributed by atoms with Crippen molar-refractivity contribution in [3.05, 3.63) is 0 Å². The SMILES string of the molecule is CCCCCCCCCCCCCCC[PH](CCCC)(CCCC)CCCC. The average Bonchev–Trinajstić information content (AvgIpc) is 2.72. The molecule has 28 heavy (non-hydrogen) atoms. The van der Waals surface area contributed by atoms with E-state index in [-0.39, 0.29) is 0 Å². The summed E-state index contributed by atoms with van der Waals surface area (Å²) < 4.78 is 0. The van der Waals surface area contributed by atoms with E-state index in [4.69, 9.17) is 0 Å². The van der Waals surface area contributed by atoms with Gasteiger partial charge in [0.2, 0.25) is 0 Å². The molecule has 0 fully saturated rings. The van der Waals surface area contributed by atoms with Crippen LogP contribution in [0.2, 0.25) is 0 Å². The normalized spacial score (nSPS) is 12.6. The summed E-state index contributed by atoms with van der Waals surface area (Å²) in [7, 11) is -0.959. The van der Waals surface area contributed by atoms with E-state index in [9.17, 15) is 0 Å². The minimum absolute atomic E-state index is 0.959. The van der Waals surface area contributed by atoms with Crippen molar-refractivity contribution in [1.82, 2.24) is 0 Å². The summed E-state index contributed by atoms with van der Waals surface area (Å²) in [5.74, 6) is 0. The zero-order valence-electron chi connectivity index (χ0n) is 20.8. The van der Waals surface area contributed by atoms with Crippen LogP contribution < -0.4 is 0 Å². The van der Waals surface area contributed by atoms with Crippen LogP contribution in [0.3, 0.4) is 0 Å². The van der Waals surface area contributed by atoms with Gasteiger partial charge in [-0.15, -0.1) is 0 Å². The van der Waals surface area contributed by atoms with E-state index in [2.05, 4.69) is 27.7 Å². The van der Waals surface area contributed by atoms with E-state index in [0.29, 0.717) is 0 Å². The van der Waals surface area contributed by atoms with Crippen molar-refractivity contribution in [3.63, 3.8) is 0 Å². The van der Waals surface area contributed by atoms with Gasteiger partial charge in [-0.3, -0.25) is 0 Å². The van der Waals surface area contributed by atoms with E-state index in [1.54, 1.807) is 31.1 Å². The zero-order valence-corrected chi connectivity index (χ0v) is 21.8. The molecular formula is C27H59P. The van der Waals surface area contributed by atoms with Crippen molar-refractivity contribution in [1.29, 1.82) is 0 Å². The topological polar surface area (TPSA) is 0 Å². The Hall–Kier alpha value is 0.430. The first-order chi connectivity index (χ1) is 13.7. The van der Waals surface area contributed by atoms with Crippen LogP contribution in [0.15, 0.2) is 0 Å². The molecule has 0 nitrogen and oxygen atoms in total. The summed E-state index contributed by atoms with van der Waals surface area (Å²) in [6.07, 6.45) is 34.7. The Kier molecular flexibility index (Phi) is 22.5. The second-order valence-electron chi connectivity index (χ2n) is 9.80. The van der Waals surface area contributed by atoms with Crippen molar-refractivity contribution in [2.24, 2.45) is 0 Å².